The van der Waals surface area contributed by atoms with Crippen LogP contribution in [0.2, 0.25) is 0 Å². The Morgan fingerprint density at radius 2 is 1.92 bits per heavy atom. The van der Waals surface area contributed by atoms with Crippen LogP contribution in [0.15, 0.2) is 42.5 Å². The SMILES string of the molecule is CCN(CCN(Cc1ccc(C(=O)O)cc1)OC)c1ccc(N2C[C@H](CNC(=O)C(F)F)OC2=O)cc1F. The summed E-state index contributed by atoms with van der Waals surface area (Å²) in [5.41, 5.74) is 1.58. The van der Waals surface area contributed by atoms with Crippen LogP contribution in [0, 0.1) is 5.82 Å². The molecule has 2 N–H and O–H groups in total. The second-order valence-electron chi connectivity index (χ2n) is 8.43. The Hall–Kier alpha value is -3.84. The van der Waals surface area contributed by atoms with E-state index in [1.165, 1.54) is 36.3 Å². The molecule has 1 atom stereocenters. The molecule has 13 heteroatoms. The van der Waals surface area contributed by atoms with Gasteiger partial charge < -0.3 is 24.9 Å². The van der Waals surface area contributed by atoms with E-state index in [0.29, 0.717) is 31.9 Å². The van der Waals surface area contributed by atoms with Crippen LogP contribution in [0.1, 0.15) is 22.8 Å². The summed E-state index contributed by atoms with van der Waals surface area (Å²) in [6.07, 6.45) is -4.79. The Bertz CT molecular complexity index is 1130. The lowest BCUT2D eigenvalue weighted by molar-refractivity contribution is -0.136. The lowest BCUT2D eigenvalue weighted by atomic mass is 10.1. The first-order valence-corrected chi connectivity index (χ1v) is 11.8. The summed E-state index contributed by atoms with van der Waals surface area (Å²) in [4.78, 5) is 42.7. The van der Waals surface area contributed by atoms with Crippen molar-refractivity contribution in [1.29, 1.82) is 0 Å². The highest BCUT2D eigenvalue weighted by molar-refractivity contribution is 5.90. The van der Waals surface area contributed by atoms with Crippen LogP contribution in [0.5, 0.6) is 0 Å². The number of carbonyl (C=O) groups excluding carboxylic acids is 2. The van der Waals surface area contributed by atoms with Crippen molar-refractivity contribution >= 4 is 29.3 Å². The van der Waals surface area contributed by atoms with E-state index >= 15 is 4.39 Å². The number of anilines is 2. The van der Waals surface area contributed by atoms with Gasteiger partial charge in [-0.25, -0.2) is 14.0 Å². The maximum Gasteiger partial charge on any atom is 0.414 e. The van der Waals surface area contributed by atoms with Gasteiger partial charge in [0, 0.05) is 26.2 Å². The second-order valence-corrected chi connectivity index (χ2v) is 8.43. The second kappa shape index (κ2) is 13.1. The van der Waals surface area contributed by atoms with Crippen LogP contribution in [-0.4, -0.2) is 80.5 Å². The van der Waals surface area contributed by atoms with Crippen molar-refractivity contribution in [2.45, 2.75) is 26.0 Å². The summed E-state index contributed by atoms with van der Waals surface area (Å²) in [7, 11) is 1.51. The summed E-state index contributed by atoms with van der Waals surface area (Å²) in [6.45, 7) is 3.25. The molecule has 2 amide bonds. The van der Waals surface area contributed by atoms with Crippen molar-refractivity contribution in [2.75, 3.05) is 49.6 Å². The molecule has 0 aliphatic carbocycles. The highest BCUT2D eigenvalue weighted by atomic mass is 19.3. The number of cyclic esters (lactones) is 1. The van der Waals surface area contributed by atoms with Crippen molar-refractivity contribution in [3.8, 4) is 0 Å². The Morgan fingerprint density at radius 1 is 1.21 bits per heavy atom. The number of rotatable bonds is 13. The fourth-order valence-corrected chi connectivity index (χ4v) is 3.92. The van der Waals surface area contributed by atoms with Gasteiger partial charge in [0.2, 0.25) is 0 Å². The van der Waals surface area contributed by atoms with Gasteiger partial charge >= 0.3 is 18.5 Å². The number of alkyl halides is 2. The number of aromatic carboxylic acids is 1. The van der Waals surface area contributed by atoms with Gasteiger partial charge in [0.25, 0.3) is 5.91 Å². The number of carboxylic acid groups (broad SMARTS) is 1. The molecule has 0 aromatic heterocycles. The minimum absolute atomic E-state index is 0.0329. The predicted octanol–water partition coefficient (Wildman–Crippen LogP) is 3.12. The van der Waals surface area contributed by atoms with Crippen molar-refractivity contribution in [1.82, 2.24) is 10.4 Å². The molecule has 10 nitrogen and oxygen atoms in total. The number of halogens is 3. The van der Waals surface area contributed by atoms with Crippen LogP contribution in [0.4, 0.5) is 29.3 Å². The van der Waals surface area contributed by atoms with Gasteiger partial charge in [-0.05, 0) is 42.8 Å². The molecule has 1 heterocycles. The van der Waals surface area contributed by atoms with Gasteiger partial charge in [-0.1, -0.05) is 12.1 Å². The van der Waals surface area contributed by atoms with E-state index in [4.69, 9.17) is 14.7 Å². The van der Waals surface area contributed by atoms with E-state index in [1.807, 2.05) is 12.2 Å². The monoisotopic (exact) mass is 538 g/mol. The Labute approximate surface area is 217 Å². The third-order valence-electron chi connectivity index (χ3n) is 5.98. The number of hydrogen-bond acceptors (Lipinski definition) is 7. The fourth-order valence-electron chi connectivity index (χ4n) is 3.92. The highest BCUT2D eigenvalue weighted by Gasteiger charge is 2.33. The molecular weight excluding hydrogens is 509 g/mol. The van der Waals surface area contributed by atoms with Crippen molar-refractivity contribution < 1.29 is 42.2 Å². The number of nitrogens with one attached hydrogen (secondary N) is 1. The highest BCUT2D eigenvalue weighted by Crippen LogP contribution is 2.28. The molecule has 2 aromatic carbocycles. The Morgan fingerprint density at radius 3 is 2.50 bits per heavy atom. The number of benzene rings is 2. The first-order valence-electron chi connectivity index (χ1n) is 11.8. The molecule has 0 spiro atoms. The Balaban J connectivity index is 1.60. The zero-order chi connectivity index (χ0) is 27.8. The largest absolute Gasteiger partial charge is 0.478 e. The fraction of sp³-hybridized carbons (Fsp3) is 0.400. The molecule has 1 aliphatic rings. The summed E-state index contributed by atoms with van der Waals surface area (Å²) >= 11 is 0. The Kier molecular flexibility index (Phi) is 9.91. The predicted molar refractivity (Wildman–Crippen MR) is 132 cm³/mol. The van der Waals surface area contributed by atoms with Crippen LogP contribution in [0.3, 0.4) is 0 Å². The summed E-state index contributed by atoms with van der Waals surface area (Å²) < 4.78 is 44.9. The molecule has 0 bridgehead atoms. The third-order valence-corrected chi connectivity index (χ3v) is 5.98. The summed E-state index contributed by atoms with van der Waals surface area (Å²) in [6, 6.07) is 10.7. The number of carboxylic acids is 1. The van der Waals surface area contributed by atoms with Crippen LogP contribution >= 0.6 is 0 Å². The van der Waals surface area contributed by atoms with Crippen molar-refractivity contribution in [3.05, 3.63) is 59.4 Å². The normalized spacial score (nSPS) is 15.2. The molecule has 38 heavy (non-hydrogen) atoms. The number of hydroxylamine groups is 2. The first-order chi connectivity index (χ1) is 18.1. The van der Waals surface area contributed by atoms with Gasteiger partial charge in [0.1, 0.15) is 11.9 Å². The van der Waals surface area contributed by atoms with Crippen molar-refractivity contribution in [3.63, 3.8) is 0 Å². The zero-order valence-corrected chi connectivity index (χ0v) is 20.9. The standard InChI is InChI=1S/C25H29F3N4O6/c1-3-30(10-11-31(37-2)14-16-4-6-17(7-5-16)24(34)35)21-9-8-18(12-20(21)26)32-15-19(38-25(32)36)13-29-23(33)22(27)28/h4-9,12,19,22H,3,10-11,13-15H2,1-2H3,(H,29,33)(H,34,35)/t19-/m0/s1. The summed E-state index contributed by atoms with van der Waals surface area (Å²) in [5, 5.41) is 12.7. The number of carbonyl (C=O) groups is 3. The number of hydrogen-bond donors (Lipinski definition) is 2. The van der Waals surface area contributed by atoms with Crippen molar-refractivity contribution in [2.24, 2.45) is 0 Å². The molecule has 1 fully saturated rings. The molecule has 0 unspecified atom stereocenters. The van der Waals surface area contributed by atoms with Gasteiger partial charge in [-0.3, -0.25) is 9.69 Å². The van der Waals surface area contributed by atoms with Crippen LogP contribution in [0.25, 0.3) is 0 Å². The average Bonchev–Trinajstić information content (AvgIpc) is 3.27. The van der Waals surface area contributed by atoms with E-state index in [1.54, 1.807) is 28.2 Å². The minimum atomic E-state index is -3.17. The molecule has 1 saturated heterocycles. The van der Waals surface area contributed by atoms with E-state index < -0.39 is 36.3 Å². The molecular formula is C25H29F3N4O6. The van der Waals surface area contributed by atoms with Gasteiger partial charge in [0.05, 0.1) is 37.1 Å². The van der Waals surface area contributed by atoms with E-state index in [9.17, 15) is 23.2 Å². The minimum Gasteiger partial charge on any atom is -0.478 e. The smallest absolute Gasteiger partial charge is 0.414 e. The molecule has 3 rings (SSSR count). The molecule has 206 valence electrons. The van der Waals surface area contributed by atoms with Crippen LogP contribution < -0.4 is 15.1 Å². The zero-order valence-electron chi connectivity index (χ0n) is 20.9. The van der Waals surface area contributed by atoms with E-state index in [-0.39, 0.29) is 24.3 Å². The lowest BCUT2D eigenvalue weighted by Gasteiger charge is -2.28. The number of likely N-dealkylation sites (N-methyl/N-ethyl adjacent to an activating group) is 1. The molecule has 2 aromatic rings. The number of ether oxygens (including phenoxy) is 1. The lowest BCUT2D eigenvalue weighted by Crippen LogP contribution is -2.37. The number of nitrogens with zero attached hydrogens (tertiary/aromatic N) is 3. The van der Waals surface area contributed by atoms with Gasteiger partial charge in [-0.2, -0.15) is 13.8 Å². The topological polar surface area (TPSA) is 112 Å². The van der Waals surface area contributed by atoms with Gasteiger partial charge in [-0.15, -0.1) is 0 Å². The average molecular weight is 539 g/mol. The summed E-state index contributed by atoms with van der Waals surface area (Å²) in [5.74, 6) is -3.04. The maximum atomic E-state index is 15.1. The first kappa shape index (κ1) is 28.7. The molecule has 1 aliphatic heterocycles. The van der Waals surface area contributed by atoms with E-state index in [2.05, 4.69) is 0 Å². The maximum absolute atomic E-state index is 15.1. The quantitative estimate of drug-likeness (QED) is 0.375. The third kappa shape index (κ3) is 7.35. The number of amides is 2. The molecule has 0 radical (unpaired) electrons. The van der Waals surface area contributed by atoms with Gasteiger partial charge in [0.15, 0.2) is 0 Å². The van der Waals surface area contributed by atoms with Crippen LogP contribution in [-0.2, 0) is 20.9 Å². The van der Waals surface area contributed by atoms with E-state index in [0.717, 1.165) is 5.56 Å². The molecule has 0 saturated carbocycles.